The van der Waals surface area contributed by atoms with Gasteiger partial charge in [0.15, 0.2) is 4.88 Å². The number of aromatic nitrogens is 2. The fourth-order valence-corrected chi connectivity index (χ4v) is 1.97. The molecule has 0 fully saturated rings. The number of para-hydroxylation sites is 1. The Morgan fingerprint density at radius 2 is 2.00 bits per heavy atom. The molecule has 1 aromatic carbocycles. The van der Waals surface area contributed by atoms with E-state index in [2.05, 4.69) is 9.59 Å². The predicted molar refractivity (Wildman–Crippen MR) is 66.7 cm³/mol. The summed E-state index contributed by atoms with van der Waals surface area (Å²) in [4.78, 5) is 17.7. The molecule has 0 unspecified atom stereocenters. The summed E-state index contributed by atoms with van der Waals surface area (Å²) in [6.45, 7) is 0. The van der Waals surface area contributed by atoms with Crippen molar-refractivity contribution in [3.63, 3.8) is 0 Å². The van der Waals surface area contributed by atoms with Crippen LogP contribution in [0.4, 0.5) is 5.69 Å². The monoisotopic (exact) mass is 265 g/mol. The van der Waals surface area contributed by atoms with Gasteiger partial charge in [-0.05, 0) is 23.7 Å². The van der Waals surface area contributed by atoms with Crippen LogP contribution in [0.1, 0.15) is 9.67 Å². The quantitative estimate of drug-likeness (QED) is 0.788. The third-order valence-electron chi connectivity index (χ3n) is 2.20. The molecule has 2 aromatic rings. The van der Waals surface area contributed by atoms with Crippen LogP contribution >= 0.6 is 11.5 Å². The number of carbonyl (C=O) groups excluding carboxylic acids is 1. The number of anilines is 1. The standard InChI is InChI=1S/C11H11N3O3S/c1-16-10-9(18-13-12-10)11(15)14(17-2)8-6-4-3-5-7-8/h3-7H,1-2H3. The lowest BCUT2D eigenvalue weighted by Crippen LogP contribution is -2.29. The summed E-state index contributed by atoms with van der Waals surface area (Å²) in [5.74, 6) is -0.168. The van der Waals surface area contributed by atoms with Gasteiger partial charge < -0.3 is 4.74 Å². The van der Waals surface area contributed by atoms with Gasteiger partial charge in [-0.1, -0.05) is 27.8 Å². The molecule has 18 heavy (non-hydrogen) atoms. The number of ether oxygens (including phenoxy) is 1. The van der Waals surface area contributed by atoms with Gasteiger partial charge >= 0.3 is 0 Å². The highest BCUT2D eigenvalue weighted by atomic mass is 32.1. The average Bonchev–Trinajstić information content (AvgIpc) is 2.89. The normalized spacial score (nSPS) is 10.1. The molecule has 6 nitrogen and oxygen atoms in total. The van der Waals surface area contributed by atoms with Gasteiger partial charge in [0.05, 0.1) is 19.9 Å². The van der Waals surface area contributed by atoms with E-state index in [1.165, 1.54) is 14.2 Å². The van der Waals surface area contributed by atoms with E-state index in [1.54, 1.807) is 12.1 Å². The minimum atomic E-state index is -0.365. The van der Waals surface area contributed by atoms with E-state index < -0.39 is 0 Å². The van der Waals surface area contributed by atoms with E-state index in [0.29, 0.717) is 10.6 Å². The zero-order chi connectivity index (χ0) is 13.0. The van der Waals surface area contributed by atoms with Crippen molar-refractivity contribution >= 4 is 23.1 Å². The molecule has 7 heteroatoms. The van der Waals surface area contributed by atoms with Gasteiger partial charge in [0, 0.05) is 0 Å². The summed E-state index contributed by atoms with van der Waals surface area (Å²) in [6, 6.07) is 9.02. The molecule has 1 heterocycles. The van der Waals surface area contributed by atoms with Crippen LogP contribution < -0.4 is 9.80 Å². The SMILES string of the molecule is COc1nnsc1C(=O)N(OC)c1ccccc1. The van der Waals surface area contributed by atoms with Gasteiger partial charge in [-0.3, -0.25) is 9.63 Å². The van der Waals surface area contributed by atoms with Crippen LogP contribution in [0.15, 0.2) is 30.3 Å². The lowest BCUT2D eigenvalue weighted by Gasteiger charge is -2.18. The van der Waals surface area contributed by atoms with E-state index in [1.807, 2.05) is 18.2 Å². The maximum Gasteiger partial charge on any atom is 0.299 e. The highest BCUT2D eigenvalue weighted by Gasteiger charge is 2.24. The van der Waals surface area contributed by atoms with Gasteiger partial charge in [0.2, 0.25) is 0 Å². The maximum atomic E-state index is 12.3. The second-order valence-electron chi connectivity index (χ2n) is 3.23. The molecule has 0 atom stereocenters. The molecule has 94 valence electrons. The molecule has 0 radical (unpaired) electrons. The molecule has 0 spiro atoms. The van der Waals surface area contributed by atoms with Crippen LogP contribution in [0, 0.1) is 0 Å². The molecule has 0 bridgehead atoms. The maximum absolute atomic E-state index is 12.3. The minimum absolute atomic E-state index is 0.197. The Hall–Kier alpha value is -1.99. The Morgan fingerprint density at radius 1 is 1.28 bits per heavy atom. The summed E-state index contributed by atoms with van der Waals surface area (Å²) in [5, 5.41) is 4.87. The molecule has 0 aliphatic carbocycles. The van der Waals surface area contributed by atoms with Crippen LogP contribution in [-0.2, 0) is 4.84 Å². The first-order valence-corrected chi connectivity index (χ1v) is 5.85. The topological polar surface area (TPSA) is 64.6 Å². The number of benzene rings is 1. The lowest BCUT2D eigenvalue weighted by atomic mass is 10.3. The van der Waals surface area contributed by atoms with E-state index in [4.69, 9.17) is 9.57 Å². The Bertz CT molecular complexity index is 529. The summed E-state index contributed by atoms with van der Waals surface area (Å²) >= 11 is 0.963. The summed E-state index contributed by atoms with van der Waals surface area (Å²) in [7, 11) is 2.86. The second-order valence-corrected chi connectivity index (χ2v) is 3.98. The smallest absolute Gasteiger partial charge is 0.299 e. The number of hydrogen-bond donors (Lipinski definition) is 0. The summed E-state index contributed by atoms with van der Waals surface area (Å²) in [6.07, 6.45) is 0. The van der Waals surface area contributed by atoms with Crippen LogP contribution in [-0.4, -0.2) is 29.7 Å². The molecule has 2 rings (SSSR count). The summed E-state index contributed by atoms with van der Waals surface area (Å²) < 4.78 is 8.66. The molecule has 1 aromatic heterocycles. The van der Waals surface area contributed by atoms with Gasteiger partial charge in [0.1, 0.15) is 0 Å². The Balaban J connectivity index is 2.32. The molecule has 0 aliphatic heterocycles. The molecule has 0 aliphatic rings. The van der Waals surface area contributed by atoms with Crippen molar-refractivity contribution < 1.29 is 14.4 Å². The highest BCUT2D eigenvalue weighted by molar-refractivity contribution is 7.08. The van der Waals surface area contributed by atoms with Gasteiger partial charge in [-0.25, -0.2) is 0 Å². The van der Waals surface area contributed by atoms with Crippen LogP contribution in [0.25, 0.3) is 0 Å². The number of amides is 1. The number of methoxy groups -OCH3 is 1. The first kappa shape index (κ1) is 12.5. The number of nitrogens with zero attached hydrogens (tertiary/aromatic N) is 3. The van der Waals surface area contributed by atoms with Crippen molar-refractivity contribution in [2.45, 2.75) is 0 Å². The lowest BCUT2D eigenvalue weighted by molar-refractivity contribution is 0.0774. The predicted octanol–water partition coefficient (Wildman–Crippen LogP) is 1.75. The Morgan fingerprint density at radius 3 is 2.61 bits per heavy atom. The van der Waals surface area contributed by atoms with Gasteiger partial charge in [-0.2, -0.15) is 5.06 Å². The first-order valence-electron chi connectivity index (χ1n) is 5.08. The minimum Gasteiger partial charge on any atom is -0.479 e. The van der Waals surface area contributed by atoms with E-state index in [-0.39, 0.29) is 11.8 Å². The molecule has 0 N–H and O–H groups in total. The van der Waals surface area contributed by atoms with Crippen LogP contribution in [0.5, 0.6) is 5.88 Å². The van der Waals surface area contributed by atoms with Gasteiger partial charge in [-0.15, -0.1) is 0 Å². The summed E-state index contributed by atoms with van der Waals surface area (Å²) in [5.41, 5.74) is 0.625. The van der Waals surface area contributed by atoms with Crippen molar-refractivity contribution in [3.8, 4) is 5.88 Å². The third kappa shape index (κ3) is 2.31. The van der Waals surface area contributed by atoms with Crippen molar-refractivity contribution in [3.05, 3.63) is 35.2 Å². The fourth-order valence-electron chi connectivity index (χ4n) is 1.41. The van der Waals surface area contributed by atoms with E-state index in [0.717, 1.165) is 16.6 Å². The van der Waals surface area contributed by atoms with Crippen LogP contribution in [0.3, 0.4) is 0 Å². The fraction of sp³-hybridized carbons (Fsp3) is 0.182. The largest absolute Gasteiger partial charge is 0.479 e. The Labute approximate surface area is 108 Å². The molecular weight excluding hydrogens is 254 g/mol. The second kappa shape index (κ2) is 5.56. The number of hydrogen-bond acceptors (Lipinski definition) is 6. The molecule has 1 amide bonds. The average molecular weight is 265 g/mol. The van der Waals surface area contributed by atoms with Crippen LogP contribution in [0.2, 0.25) is 0 Å². The van der Waals surface area contributed by atoms with E-state index >= 15 is 0 Å². The zero-order valence-electron chi connectivity index (χ0n) is 9.86. The Kier molecular flexibility index (Phi) is 3.85. The number of rotatable bonds is 4. The molecule has 0 saturated carbocycles. The zero-order valence-corrected chi connectivity index (χ0v) is 10.7. The van der Waals surface area contributed by atoms with Crippen molar-refractivity contribution in [2.24, 2.45) is 0 Å². The van der Waals surface area contributed by atoms with Crippen molar-refractivity contribution in [1.82, 2.24) is 9.59 Å². The van der Waals surface area contributed by atoms with E-state index in [9.17, 15) is 4.79 Å². The van der Waals surface area contributed by atoms with Crippen molar-refractivity contribution in [1.29, 1.82) is 0 Å². The molecular formula is C11H11N3O3S. The number of carbonyl (C=O) groups is 1. The number of hydroxylamine groups is 1. The first-order chi connectivity index (χ1) is 8.77. The van der Waals surface area contributed by atoms with Gasteiger partial charge in [0.25, 0.3) is 11.8 Å². The van der Waals surface area contributed by atoms with Crippen molar-refractivity contribution in [2.75, 3.05) is 19.3 Å². The highest BCUT2D eigenvalue weighted by Crippen LogP contribution is 2.23. The molecule has 0 saturated heterocycles. The third-order valence-corrected chi connectivity index (χ3v) is 2.90.